The number of amides is 1. The lowest BCUT2D eigenvalue weighted by molar-refractivity contribution is -0.134. The second-order valence-electron chi connectivity index (χ2n) is 7.02. The predicted molar refractivity (Wildman–Crippen MR) is 119 cm³/mol. The van der Waals surface area contributed by atoms with Gasteiger partial charge in [-0.15, -0.1) is 36.2 Å². The number of carbonyl (C=O) groups excluding carboxylic acids is 1. The average molecular weight is 446 g/mol. The molecule has 8 heteroatoms. The number of ether oxygens (including phenoxy) is 1. The Labute approximate surface area is 183 Å². The van der Waals surface area contributed by atoms with E-state index in [1.54, 1.807) is 0 Å². The number of hydrogen-bond donors (Lipinski definition) is 1. The summed E-state index contributed by atoms with van der Waals surface area (Å²) in [5, 5.41) is 2.84. The molecular weight excluding hydrogens is 417 g/mol. The highest BCUT2D eigenvalue weighted by Crippen LogP contribution is 2.21. The molecule has 28 heavy (non-hydrogen) atoms. The molecular formula is C20H29Cl2N3O2S. The minimum Gasteiger partial charge on any atom is -0.486 e. The van der Waals surface area contributed by atoms with Crippen LogP contribution in [0, 0.1) is 6.92 Å². The molecule has 0 bridgehead atoms. The van der Waals surface area contributed by atoms with E-state index < -0.39 is 0 Å². The Hall–Kier alpha value is -1.34. The Morgan fingerprint density at radius 3 is 2.71 bits per heavy atom. The van der Waals surface area contributed by atoms with Gasteiger partial charge in [-0.3, -0.25) is 4.79 Å². The van der Waals surface area contributed by atoms with Gasteiger partial charge in [-0.25, -0.2) is 4.98 Å². The Morgan fingerprint density at radius 2 is 2.04 bits per heavy atom. The van der Waals surface area contributed by atoms with Crippen molar-refractivity contribution in [3.8, 4) is 5.75 Å². The molecule has 3 rings (SSSR count). The number of aryl methyl sites for hydroxylation is 1. The molecule has 0 aliphatic carbocycles. The zero-order valence-electron chi connectivity index (χ0n) is 16.3. The number of piperidine rings is 1. The Balaban J connectivity index is 0.00000196. The zero-order chi connectivity index (χ0) is 18.5. The largest absolute Gasteiger partial charge is 0.486 e. The molecule has 0 saturated carbocycles. The molecule has 0 radical (unpaired) electrons. The summed E-state index contributed by atoms with van der Waals surface area (Å²) in [7, 11) is 0. The number of aromatic nitrogens is 1. The number of rotatable bonds is 6. The van der Waals surface area contributed by atoms with Gasteiger partial charge in [-0.05, 0) is 45.2 Å². The van der Waals surface area contributed by atoms with E-state index in [0.717, 1.165) is 42.3 Å². The minimum absolute atomic E-state index is 0. The van der Waals surface area contributed by atoms with Crippen LogP contribution in [0.5, 0.6) is 5.75 Å². The lowest BCUT2D eigenvalue weighted by Gasteiger charge is -2.38. The van der Waals surface area contributed by atoms with Gasteiger partial charge in [0.1, 0.15) is 17.4 Å². The van der Waals surface area contributed by atoms with Gasteiger partial charge in [-0.2, -0.15) is 0 Å². The summed E-state index contributed by atoms with van der Waals surface area (Å²) in [6, 6.07) is 8.12. The number of benzene rings is 1. The van der Waals surface area contributed by atoms with Crippen molar-refractivity contribution in [1.29, 1.82) is 0 Å². The van der Waals surface area contributed by atoms with E-state index in [1.807, 2.05) is 48.4 Å². The average Bonchev–Trinajstić information content (AvgIpc) is 3.08. The third kappa shape index (κ3) is 6.62. The number of thiazole rings is 1. The van der Waals surface area contributed by atoms with Gasteiger partial charge >= 0.3 is 0 Å². The summed E-state index contributed by atoms with van der Waals surface area (Å²) < 4.78 is 5.77. The maximum Gasteiger partial charge on any atom is 0.228 e. The highest BCUT2D eigenvalue weighted by molar-refractivity contribution is 7.09. The van der Waals surface area contributed by atoms with Crippen molar-refractivity contribution >= 4 is 42.1 Å². The molecule has 1 aliphatic heterocycles. The smallest absolute Gasteiger partial charge is 0.228 e. The predicted octanol–water partition coefficient (Wildman–Crippen LogP) is 4.14. The molecule has 5 nitrogen and oxygen atoms in total. The van der Waals surface area contributed by atoms with E-state index in [1.165, 1.54) is 16.9 Å². The summed E-state index contributed by atoms with van der Waals surface area (Å²) in [5.74, 6) is 0.958. The third-order valence-electron chi connectivity index (χ3n) is 4.79. The van der Waals surface area contributed by atoms with Gasteiger partial charge in [-0.1, -0.05) is 17.7 Å². The maximum absolute atomic E-state index is 12.7. The summed E-state index contributed by atoms with van der Waals surface area (Å²) in [6.45, 7) is 5.26. The summed E-state index contributed by atoms with van der Waals surface area (Å²) >= 11 is 1.54. The minimum atomic E-state index is 0. The van der Waals surface area contributed by atoms with E-state index in [9.17, 15) is 4.79 Å². The highest BCUT2D eigenvalue weighted by atomic mass is 35.5. The molecule has 1 aromatic carbocycles. The lowest BCUT2D eigenvalue weighted by Crippen LogP contribution is -2.52. The SMILES string of the molecule is Cc1ccc(OCc2nc(CC(=O)N3CCCCC3C(C)N)cs2)cc1.Cl.Cl. The molecule has 1 amide bonds. The van der Waals surface area contributed by atoms with Gasteiger partial charge in [0.05, 0.1) is 12.1 Å². The van der Waals surface area contributed by atoms with Crippen molar-refractivity contribution in [2.75, 3.05) is 6.54 Å². The van der Waals surface area contributed by atoms with Crippen molar-refractivity contribution < 1.29 is 9.53 Å². The topological polar surface area (TPSA) is 68.5 Å². The highest BCUT2D eigenvalue weighted by Gasteiger charge is 2.29. The Bertz CT molecular complexity index is 737. The molecule has 1 aliphatic rings. The van der Waals surface area contributed by atoms with E-state index >= 15 is 0 Å². The van der Waals surface area contributed by atoms with Crippen LogP contribution in [-0.4, -0.2) is 34.4 Å². The quantitative estimate of drug-likeness (QED) is 0.724. The number of hydrogen-bond acceptors (Lipinski definition) is 5. The molecule has 1 aromatic heterocycles. The van der Waals surface area contributed by atoms with Crippen molar-refractivity contribution in [3.63, 3.8) is 0 Å². The second-order valence-corrected chi connectivity index (χ2v) is 7.96. The summed E-state index contributed by atoms with van der Waals surface area (Å²) in [4.78, 5) is 19.2. The molecule has 1 saturated heterocycles. The second kappa shape index (κ2) is 11.6. The van der Waals surface area contributed by atoms with Crippen LogP contribution >= 0.6 is 36.2 Å². The fourth-order valence-corrected chi connectivity index (χ4v) is 4.05. The van der Waals surface area contributed by atoms with Crippen molar-refractivity contribution in [1.82, 2.24) is 9.88 Å². The first-order valence-electron chi connectivity index (χ1n) is 9.20. The monoisotopic (exact) mass is 445 g/mol. The first-order valence-corrected chi connectivity index (χ1v) is 10.1. The molecule has 2 N–H and O–H groups in total. The van der Waals surface area contributed by atoms with Crippen LogP contribution in [0.3, 0.4) is 0 Å². The molecule has 2 heterocycles. The van der Waals surface area contributed by atoms with Crippen LogP contribution in [0.25, 0.3) is 0 Å². The molecule has 2 unspecified atom stereocenters. The molecule has 1 fully saturated rings. The molecule has 0 spiro atoms. The fraction of sp³-hybridized carbons (Fsp3) is 0.500. The first kappa shape index (κ1) is 24.7. The van der Waals surface area contributed by atoms with Crippen LogP contribution in [0.4, 0.5) is 0 Å². The van der Waals surface area contributed by atoms with Crippen LogP contribution in [0.1, 0.15) is 42.5 Å². The molecule has 2 atom stereocenters. The number of carbonyl (C=O) groups is 1. The van der Waals surface area contributed by atoms with Crippen molar-refractivity contribution in [2.24, 2.45) is 5.73 Å². The number of nitrogens with zero attached hydrogens (tertiary/aromatic N) is 2. The molecule has 156 valence electrons. The van der Waals surface area contributed by atoms with Gasteiger partial charge in [0.2, 0.25) is 5.91 Å². The van der Waals surface area contributed by atoms with E-state index in [2.05, 4.69) is 4.98 Å². The van der Waals surface area contributed by atoms with Gasteiger partial charge < -0.3 is 15.4 Å². The van der Waals surface area contributed by atoms with Crippen LogP contribution < -0.4 is 10.5 Å². The first-order chi connectivity index (χ1) is 12.5. The lowest BCUT2D eigenvalue weighted by atomic mass is 9.96. The van der Waals surface area contributed by atoms with Gasteiger partial charge in [0, 0.05) is 24.0 Å². The number of nitrogens with two attached hydrogens (primary N) is 1. The number of likely N-dealkylation sites (tertiary alicyclic amines) is 1. The maximum atomic E-state index is 12.7. The summed E-state index contributed by atoms with van der Waals surface area (Å²) in [5.41, 5.74) is 8.09. The fourth-order valence-electron chi connectivity index (χ4n) is 3.35. The van der Waals surface area contributed by atoms with Crippen LogP contribution in [-0.2, 0) is 17.8 Å². The summed E-state index contributed by atoms with van der Waals surface area (Å²) in [6.07, 6.45) is 3.54. The standard InChI is InChI=1S/C20H27N3O2S.2ClH/c1-14-6-8-17(9-7-14)25-12-19-22-16(13-26-19)11-20(24)23-10-4-3-5-18(23)15(2)21;;/h6-9,13,15,18H,3-5,10-12,21H2,1-2H3;2*1H. The van der Waals surface area contributed by atoms with Crippen molar-refractivity contribution in [3.05, 3.63) is 45.9 Å². The zero-order valence-corrected chi connectivity index (χ0v) is 18.7. The molecule has 2 aromatic rings. The van der Waals surface area contributed by atoms with Gasteiger partial charge in [0.15, 0.2) is 0 Å². The van der Waals surface area contributed by atoms with Crippen LogP contribution in [0.2, 0.25) is 0 Å². The Morgan fingerprint density at radius 1 is 1.32 bits per heavy atom. The van der Waals surface area contributed by atoms with E-state index in [4.69, 9.17) is 10.5 Å². The normalized spacial score (nSPS) is 17.2. The van der Waals surface area contributed by atoms with E-state index in [0.29, 0.717) is 13.0 Å². The van der Waals surface area contributed by atoms with Crippen molar-refractivity contribution in [2.45, 2.75) is 58.2 Å². The van der Waals surface area contributed by atoms with Gasteiger partial charge in [0.25, 0.3) is 0 Å². The van der Waals surface area contributed by atoms with Crippen LogP contribution in [0.15, 0.2) is 29.6 Å². The van der Waals surface area contributed by atoms with E-state index in [-0.39, 0.29) is 42.8 Å². The third-order valence-corrected chi connectivity index (χ3v) is 5.66. The Kier molecular flexibility index (Phi) is 10.2. The number of halogens is 2.